The van der Waals surface area contributed by atoms with Crippen molar-refractivity contribution < 1.29 is 17.9 Å². The summed E-state index contributed by atoms with van der Waals surface area (Å²) in [5.41, 5.74) is 1.04. The Morgan fingerprint density at radius 3 is 2.30 bits per heavy atom. The fourth-order valence-electron chi connectivity index (χ4n) is 3.36. The smallest absolute Gasteiger partial charge is 0.343 e. The molecule has 0 saturated heterocycles. The quantitative estimate of drug-likeness (QED) is 0.524. The second-order valence-corrected chi connectivity index (χ2v) is 9.10. The van der Waals surface area contributed by atoms with Crippen LogP contribution in [0.3, 0.4) is 0 Å². The van der Waals surface area contributed by atoms with Gasteiger partial charge in [-0.25, -0.2) is 13.2 Å². The minimum absolute atomic E-state index is 0.0667. The van der Waals surface area contributed by atoms with Crippen molar-refractivity contribution in [2.45, 2.75) is 11.4 Å². The Labute approximate surface area is 184 Å². The molecule has 9 heteroatoms. The van der Waals surface area contributed by atoms with Gasteiger partial charge in [0.1, 0.15) is 16.3 Å². The van der Waals surface area contributed by atoms with Crippen molar-refractivity contribution in [2.24, 2.45) is 0 Å². The summed E-state index contributed by atoms with van der Waals surface area (Å²) in [4.78, 5) is 14.7. The number of hydrogen-bond acceptors (Lipinski definition) is 4. The number of anilines is 2. The first kappa shape index (κ1) is 20.5. The summed E-state index contributed by atoms with van der Waals surface area (Å²) in [6.45, 7) is 0.129. The highest BCUT2D eigenvalue weighted by atomic mass is 35.5. The van der Waals surface area contributed by atoms with Crippen LogP contribution in [0.5, 0.6) is 5.75 Å². The number of carbonyl (C=O) groups is 1. The van der Waals surface area contributed by atoms with Crippen molar-refractivity contribution in [1.82, 2.24) is 0 Å². The summed E-state index contributed by atoms with van der Waals surface area (Å²) < 4.78 is 33.0. The van der Waals surface area contributed by atoms with Crippen molar-refractivity contribution in [2.75, 3.05) is 16.3 Å². The van der Waals surface area contributed by atoms with E-state index in [1.165, 1.54) is 30.2 Å². The number of sulfonamides is 1. The standard InChI is InChI=1S/C21H16Cl2N2O4S/c1-29-19-10-6-5-9-17(19)25-21(26)24(13-14-7-3-2-4-8-14)18-12-15(22)11-16(23)20(18)30(25,27)28/h2-12H,13H2,1H3. The van der Waals surface area contributed by atoms with Crippen molar-refractivity contribution in [3.8, 4) is 5.75 Å². The lowest BCUT2D eigenvalue weighted by molar-refractivity contribution is 0.253. The lowest BCUT2D eigenvalue weighted by atomic mass is 10.2. The van der Waals surface area contributed by atoms with E-state index in [1.54, 1.807) is 18.2 Å². The minimum atomic E-state index is -4.32. The Kier molecular flexibility index (Phi) is 5.36. The van der Waals surface area contributed by atoms with Crippen LogP contribution in [0.1, 0.15) is 5.56 Å². The van der Waals surface area contributed by atoms with Crippen molar-refractivity contribution in [3.63, 3.8) is 0 Å². The molecule has 0 saturated carbocycles. The van der Waals surface area contributed by atoms with Gasteiger partial charge in [0.15, 0.2) is 0 Å². The number of para-hydroxylation sites is 2. The summed E-state index contributed by atoms with van der Waals surface area (Å²) in [5, 5.41) is 0.161. The first-order valence-electron chi connectivity index (χ1n) is 8.87. The fourth-order valence-corrected chi connectivity index (χ4v) is 5.77. The van der Waals surface area contributed by atoms with Gasteiger partial charge >= 0.3 is 6.03 Å². The zero-order valence-corrected chi connectivity index (χ0v) is 18.1. The van der Waals surface area contributed by atoms with E-state index in [0.717, 1.165) is 9.87 Å². The molecular formula is C21H16Cl2N2O4S. The zero-order chi connectivity index (χ0) is 21.5. The first-order chi connectivity index (χ1) is 14.3. The molecule has 0 N–H and O–H groups in total. The summed E-state index contributed by atoms with van der Waals surface area (Å²) in [6, 6.07) is 17.6. The summed E-state index contributed by atoms with van der Waals surface area (Å²) in [6.07, 6.45) is 0. The molecule has 1 aliphatic rings. The maximum atomic E-state index is 13.5. The summed E-state index contributed by atoms with van der Waals surface area (Å²) in [7, 11) is -2.91. The van der Waals surface area contributed by atoms with E-state index in [-0.39, 0.29) is 38.6 Å². The monoisotopic (exact) mass is 462 g/mol. The molecule has 0 fully saturated rings. The molecule has 1 heterocycles. The molecule has 0 bridgehead atoms. The third-order valence-corrected chi connectivity index (χ3v) is 7.08. The molecule has 0 unspecified atom stereocenters. The largest absolute Gasteiger partial charge is 0.495 e. The molecule has 0 spiro atoms. The van der Waals surface area contributed by atoms with Crippen LogP contribution in [-0.4, -0.2) is 21.6 Å². The maximum absolute atomic E-state index is 13.5. The predicted octanol–water partition coefficient (Wildman–Crippen LogP) is 5.34. The first-order valence-corrected chi connectivity index (χ1v) is 11.1. The van der Waals surface area contributed by atoms with Crippen LogP contribution in [0.15, 0.2) is 71.6 Å². The van der Waals surface area contributed by atoms with Gasteiger partial charge in [0.2, 0.25) is 0 Å². The summed E-state index contributed by atoms with van der Waals surface area (Å²) >= 11 is 12.5. The Balaban J connectivity index is 1.97. The number of ether oxygens (including phenoxy) is 1. The third-order valence-electron chi connectivity index (χ3n) is 4.67. The molecule has 0 radical (unpaired) electrons. The van der Waals surface area contributed by atoms with E-state index in [2.05, 4.69) is 0 Å². The Morgan fingerprint density at radius 2 is 1.60 bits per heavy atom. The van der Waals surface area contributed by atoms with Gasteiger partial charge in [-0.15, -0.1) is 0 Å². The van der Waals surface area contributed by atoms with Crippen LogP contribution >= 0.6 is 23.2 Å². The van der Waals surface area contributed by atoms with Crippen molar-refractivity contribution in [3.05, 3.63) is 82.3 Å². The van der Waals surface area contributed by atoms with Crippen LogP contribution in [-0.2, 0) is 16.6 Å². The van der Waals surface area contributed by atoms with E-state index >= 15 is 0 Å². The second-order valence-electron chi connectivity index (χ2n) is 6.53. The van der Waals surface area contributed by atoms with Gasteiger partial charge in [-0.1, -0.05) is 65.7 Å². The van der Waals surface area contributed by atoms with E-state index in [9.17, 15) is 13.2 Å². The van der Waals surface area contributed by atoms with Gasteiger partial charge in [-0.2, -0.15) is 4.31 Å². The lowest BCUT2D eigenvalue weighted by Gasteiger charge is -2.37. The average molecular weight is 463 g/mol. The number of carbonyl (C=O) groups excluding carboxylic acids is 1. The number of fused-ring (bicyclic) bond motifs is 1. The van der Waals surface area contributed by atoms with Gasteiger partial charge in [0.25, 0.3) is 10.0 Å². The van der Waals surface area contributed by atoms with E-state index in [4.69, 9.17) is 27.9 Å². The van der Waals surface area contributed by atoms with Gasteiger partial charge in [0, 0.05) is 5.02 Å². The highest BCUT2D eigenvalue weighted by Gasteiger charge is 2.45. The number of urea groups is 1. The van der Waals surface area contributed by atoms with Crippen LogP contribution in [0.4, 0.5) is 16.2 Å². The highest BCUT2D eigenvalue weighted by Crippen LogP contribution is 2.45. The fraction of sp³-hybridized carbons (Fsp3) is 0.0952. The molecule has 1 aliphatic heterocycles. The van der Waals surface area contributed by atoms with Gasteiger partial charge < -0.3 is 4.74 Å². The SMILES string of the molecule is COc1ccccc1N1C(=O)N(Cc2ccccc2)c2cc(Cl)cc(Cl)c2S1(=O)=O. The lowest BCUT2D eigenvalue weighted by Crippen LogP contribution is -2.51. The zero-order valence-electron chi connectivity index (χ0n) is 15.7. The Morgan fingerprint density at radius 1 is 0.933 bits per heavy atom. The number of amides is 2. The molecule has 0 aliphatic carbocycles. The Hall–Kier alpha value is -2.74. The van der Waals surface area contributed by atoms with Crippen molar-refractivity contribution >= 4 is 50.6 Å². The van der Waals surface area contributed by atoms with Crippen LogP contribution in [0.25, 0.3) is 0 Å². The van der Waals surface area contributed by atoms with Gasteiger partial charge in [-0.3, -0.25) is 4.90 Å². The number of methoxy groups -OCH3 is 1. The maximum Gasteiger partial charge on any atom is 0.343 e. The summed E-state index contributed by atoms with van der Waals surface area (Å²) in [5.74, 6) is 0.239. The number of nitrogens with zero attached hydrogens (tertiary/aromatic N) is 2. The molecule has 3 aromatic rings. The van der Waals surface area contributed by atoms with Gasteiger partial charge in [0.05, 0.1) is 24.4 Å². The predicted molar refractivity (Wildman–Crippen MR) is 117 cm³/mol. The van der Waals surface area contributed by atoms with Crippen LogP contribution in [0.2, 0.25) is 10.0 Å². The molecule has 30 heavy (non-hydrogen) atoms. The minimum Gasteiger partial charge on any atom is -0.495 e. The van der Waals surface area contributed by atoms with Crippen molar-refractivity contribution in [1.29, 1.82) is 0 Å². The molecule has 3 aromatic carbocycles. The molecule has 0 aromatic heterocycles. The van der Waals surface area contributed by atoms with E-state index in [1.807, 2.05) is 30.3 Å². The average Bonchev–Trinajstić information content (AvgIpc) is 2.71. The van der Waals surface area contributed by atoms with E-state index in [0.29, 0.717) is 0 Å². The normalized spacial score (nSPS) is 15.1. The highest BCUT2D eigenvalue weighted by molar-refractivity contribution is 7.94. The number of hydrogen-bond donors (Lipinski definition) is 0. The van der Waals surface area contributed by atoms with Crippen LogP contribution < -0.4 is 13.9 Å². The number of rotatable bonds is 4. The molecule has 0 atom stereocenters. The third kappa shape index (κ3) is 3.39. The Bertz CT molecular complexity index is 1230. The number of benzene rings is 3. The van der Waals surface area contributed by atoms with Gasteiger partial charge in [-0.05, 0) is 29.8 Å². The number of halogens is 2. The molecular weight excluding hydrogens is 447 g/mol. The molecule has 154 valence electrons. The molecule has 6 nitrogen and oxygen atoms in total. The molecule has 2 amide bonds. The van der Waals surface area contributed by atoms with E-state index < -0.39 is 16.1 Å². The second kappa shape index (κ2) is 7.83. The molecule has 4 rings (SSSR count). The topological polar surface area (TPSA) is 66.9 Å². The van der Waals surface area contributed by atoms with Crippen LogP contribution in [0, 0.1) is 0 Å².